The van der Waals surface area contributed by atoms with Gasteiger partial charge in [0.25, 0.3) is 0 Å². The molecule has 4 heteroatoms. The summed E-state index contributed by atoms with van der Waals surface area (Å²) in [6.07, 6.45) is 4.30. The van der Waals surface area contributed by atoms with Crippen molar-refractivity contribution >= 4 is 12.6 Å². The highest BCUT2D eigenvalue weighted by molar-refractivity contribution is 6.62. The Hall–Kier alpha value is -1.52. The molecule has 3 rings (SSSR count). The first-order chi connectivity index (χ1) is 10.3. The molecule has 0 amide bonds. The van der Waals surface area contributed by atoms with Crippen molar-refractivity contribution in [3.05, 3.63) is 53.9 Å². The lowest BCUT2D eigenvalue weighted by Crippen LogP contribution is -2.41. The highest BCUT2D eigenvalue weighted by atomic mass is 16.7. The zero-order valence-corrected chi connectivity index (χ0v) is 14.1. The molecule has 1 fully saturated rings. The molecule has 3 nitrogen and oxygen atoms in total. The first kappa shape index (κ1) is 15.4. The van der Waals surface area contributed by atoms with Crippen LogP contribution in [-0.2, 0) is 15.9 Å². The van der Waals surface area contributed by atoms with Crippen LogP contribution in [-0.4, -0.2) is 22.9 Å². The molecule has 1 saturated heterocycles. The van der Waals surface area contributed by atoms with E-state index < -0.39 is 0 Å². The van der Waals surface area contributed by atoms with Crippen molar-refractivity contribution in [1.29, 1.82) is 0 Å². The molecule has 1 aliphatic heterocycles. The molecular formula is C18H24BNO2. The summed E-state index contributed by atoms with van der Waals surface area (Å²) in [5, 5.41) is 0. The van der Waals surface area contributed by atoms with Crippen molar-refractivity contribution in [2.24, 2.45) is 0 Å². The highest BCUT2D eigenvalue weighted by Gasteiger charge is 2.52. The van der Waals surface area contributed by atoms with E-state index in [0.717, 1.165) is 12.0 Å². The van der Waals surface area contributed by atoms with Gasteiger partial charge in [0, 0.05) is 24.4 Å². The molecule has 0 saturated carbocycles. The predicted octanol–water partition coefficient (Wildman–Crippen LogP) is 3.14. The fourth-order valence-corrected chi connectivity index (χ4v) is 2.74. The molecule has 2 heterocycles. The smallest absolute Gasteiger partial charge is 0.399 e. The maximum Gasteiger partial charge on any atom is 0.496 e. The molecule has 0 unspecified atom stereocenters. The number of hydrogen-bond donors (Lipinski definition) is 0. The van der Waals surface area contributed by atoms with E-state index in [9.17, 15) is 0 Å². The first-order valence-electron chi connectivity index (χ1n) is 7.84. The van der Waals surface area contributed by atoms with Crippen LogP contribution in [0.5, 0.6) is 0 Å². The Bertz CT molecular complexity index is 645. The quantitative estimate of drug-likeness (QED) is 0.813. The van der Waals surface area contributed by atoms with Crippen LogP contribution in [0.2, 0.25) is 0 Å². The summed E-state index contributed by atoms with van der Waals surface area (Å²) in [5.74, 6) is 0. The van der Waals surface area contributed by atoms with Crippen LogP contribution in [0.15, 0.2) is 42.7 Å². The Labute approximate surface area is 133 Å². The van der Waals surface area contributed by atoms with Gasteiger partial charge in [-0.3, -0.25) is 0 Å². The van der Waals surface area contributed by atoms with Gasteiger partial charge in [-0.2, -0.15) is 0 Å². The third kappa shape index (κ3) is 2.73. The summed E-state index contributed by atoms with van der Waals surface area (Å²) >= 11 is 0. The number of benzene rings is 1. The van der Waals surface area contributed by atoms with Gasteiger partial charge in [0.05, 0.1) is 11.2 Å². The molecule has 2 aromatic rings. The SMILES string of the molecule is Cc1cn(Cc2ccccc2)cc1B1OC(C)(C)C(C)(C)O1. The molecule has 116 valence electrons. The monoisotopic (exact) mass is 297 g/mol. The molecule has 22 heavy (non-hydrogen) atoms. The summed E-state index contributed by atoms with van der Waals surface area (Å²) < 4.78 is 14.5. The summed E-state index contributed by atoms with van der Waals surface area (Å²) in [6.45, 7) is 11.3. The van der Waals surface area contributed by atoms with Crippen LogP contribution < -0.4 is 5.46 Å². The number of hydrogen-bond acceptors (Lipinski definition) is 2. The molecule has 0 aliphatic carbocycles. The van der Waals surface area contributed by atoms with Gasteiger partial charge in [-0.25, -0.2) is 0 Å². The van der Waals surface area contributed by atoms with Crippen molar-refractivity contribution in [1.82, 2.24) is 4.57 Å². The average molecular weight is 297 g/mol. The minimum atomic E-state index is -0.300. The van der Waals surface area contributed by atoms with E-state index in [0.29, 0.717) is 0 Å². The van der Waals surface area contributed by atoms with Crippen LogP contribution in [0.1, 0.15) is 38.8 Å². The van der Waals surface area contributed by atoms with Gasteiger partial charge in [-0.05, 0) is 45.7 Å². The Morgan fingerprint density at radius 1 is 0.955 bits per heavy atom. The van der Waals surface area contributed by atoms with Crippen LogP contribution in [0.3, 0.4) is 0 Å². The standard InChI is InChI=1S/C18H24BNO2/c1-14-11-20(12-15-9-7-6-8-10-15)13-16(14)19-21-17(2,3)18(4,5)22-19/h6-11,13H,12H2,1-5H3. The van der Waals surface area contributed by atoms with Crippen molar-refractivity contribution in [3.8, 4) is 0 Å². The van der Waals surface area contributed by atoms with Gasteiger partial charge in [0.15, 0.2) is 0 Å². The Morgan fingerprint density at radius 2 is 1.55 bits per heavy atom. The minimum absolute atomic E-state index is 0.290. The minimum Gasteiger partial charge on any atom is -0.399 e. The van der Waals surface area contributed by atoms with Crippen LogP contribution in [0, 0.1) is 6.92 Å². The first-order valence-corrected chi connectivity index (χ1v) is 7.84. The third-order valence-corrected chi connectivity index (χ3v) is 4.83. The summed E-state index contributed by atoms with van der Waals surface area (Å²) in [4.78, 5) is 0. The summed E-state index contributed by atoms with van der Waals surface area (Å²) in [6, 6.07) is 10.5. The van der Waals surface area contributed by atoms with Gasteiger partial charge in [-0.1, -0.05) is 30.3 Å². The zero-order valence-electron chi connectivity index (χ0n) is 14.1. The van der Waals surface area contributed by atoms with Gasteiger partial charge in [0.2, 0.25) is 0 Å². The van der Waals surface area contributed by atoms with Crippen LogP contribution in [0.4, 0.5) is 0 Å². The molecule has 0 radical (unpaired) electrons. The van der Waals surface area contributed by atoms with E-state index in [1.807, 2.05) is 6.07 Å². The fraction of sp³-hybridized carbons (Fsp3) is 0.444. The maximum atomic E-state index is 6.16. The normalized spacial score (nSPS) is 19.6. The van der Waals surface area contributed by atoms with Gasteiger partial charge >= 0.3 is 7.12 Å². The lowest BCUT2D eigenvalue weighted by molar-refractivity contribution is 0.00578. The number of aryl methyl sites for hydroxylation is 1. The van der Waals surface area contributed by atoms with Crippen molar-refractivity contribution in [3.63, 3.8) is 0 Å². The second-order valence-corrected chi connectivity index (χ2v) is 7.14. The summed E-state index contributed by atoms with van der Waals surface area (Å²) in [5.41, 5.74) is 3.01. The highest BCUT2D eigenvalue weighted by Crippen LogP contribution is 2.36. The van der Waals surface area contributed by atoms with Gasteiger partial charge in [0.1, 0.15) is 0 Å². The van der Waals surface area contributed by atoms with E-state index in [-0.39, 0.29) is 18.3 Å². The molecule has 0 atom stereocenters. The number of nitrogens with zero attached hydrogens (tertiary/aromatic N) is 1. The molecule has 0 bridgehead atoms. The van der Waals surface area contributed by atoms with Gasteiger partial charge in [-0.15, -0.1) is 0 Å². The topological polar surface area (TPSA) is 23.4 Å². The summed E-state index contributed by atoms with van der Waals surface area (Å²) in [7, 11) is -0.290. The third-order valence-electron chi connectivity index (χ3n) is 4.83. The lowest BCUT2D eigenvalue weighted by atomic mass is 9.79. The van der Waals surface area contributed by atoms with E-state index in [1.54, 1.807) is 0 Å². The van der Waals surface area contributed by atoms with Crippen molar-refractivity contribution in [2.45, 2.75) is 52.4 Å². The van der Waals surface area contributed by atoms with E-state index in [2.05, 4.69) is 75.8 Å². The second-order valence-electron chi connectivity index (χ2n) is 7.14. The molecule has 1 aliphatic rings. The van der Waals surface area contributed by atoms with Crippen LogP contribution >= 0.6 is 0 Å². The molecule has 0 spiro atoms. The van der Waals surface area contributed by atoms with Gasteiger partial charge < -0.3 is 13.9 Å². The molecule has 1 aromatic carbocycles. The molecule has 1 aromatic heterocycles. The zero-order chi connectivity index (χ0) is 16.0. The second kappa shape index (κ2) is 5.29. The largest absolute Gasteiger partial charge is 0.496 e. The average Bonchev–Trinajstić information content (AvgIpc) is 2.88. The van der Waals surface area contributed by atoms with E-state index >= 15 is 0 Å². The Balaban J connectivity index is 1.82. The maximum absolute atomic E-state index is 6.16. The van der Waals surface area contributed by atoms with Crippen molar-refractivity contribution in [2.75, 3.05) is 0 Å². The van der Waals surface area contributed by atoms with Crippen molar-refractivity contribution < 1.29 is 9.31 Å². The Morgan fingerprint density at radius 3 is 2.14 bits per heavy atom. The fourth-order valence-electron chi connectivity index (χ4n) is 2.74. The van der Waals surface area contributed by atoms with E-state index in [4.69, 9.17) is 9.31 Å². The van der Waals surface area contributed by atoms with E-state index in [1.165, 1.54) is 11.1 Å². The molecule has 0 N–H and O–H groups in total. The van der Waals surface area contributed by atoms with Crippen LogP contribution in [0.25, 0.3) is 0 Å². The molecular weight excluding hydrogens is 273 g/mol. The Kier molecular flexibility index (Phi) is 3.70. The lowest BCUT2D eigenvalue weighted by Gasteiger charge is -2.32. The number of rotatable bonds is 3. The number of aromatic nitrogens is 1. The predicted molar refractivity (Wildman–Crippen MR) is 90.4 cm³/mol.